The van der Waals surface area contributed by atoms with Crippen molar-refractivity contribution in [3.63, 3.8) is 0 Å². The Hall–Kier alpha value is -1.92. The van der Waals surface area contributed by atoms with Crippen molar-refractivity contribution in [2.24, 2.45) is 5.92 Å². The summed E-state index contributed by atoms with van der Waals surface area (Å²) >= 11 is 0. The third-order valence-corrected chi connectivity index (χ3v) is 5.42. The number of aromatic nitrogens is 2. The van der Waals surface area contributed by atoms with Crippen LogP contribution in [0, 0.1) is 11.7 Å². The summed E-state index contributed by atoms with van der Waals surface area (Å²) in [5.74, 6) is -0.208. The summed E-state index contributed by atoms with van der Waals surface area (Å²) in [5, 5.41) is 13.5. The standard InChI is InChI=1S/C19H23FN4O.ClH/c20-15-8-4-3-7-13(15)17(12-5-1-2-6-12)22-19(25)18-14-11-21-10-9-16(14)23-24-18;/h3-4,7-8,12,17,21H,1-2,5-6,9-11H2,(H,22,25)(H,23,24);1H. The third-order valence-electron chi connectivity index (χ3n) is 5.42. The van der Waals surface area contributed by atoms with Gasteiger partial charge in [-0.3, -0.25) is 9.89 Å². The second-order valence-electron chi connectivity index (χ2n) is 6.97. The molecule has 5 nitrogen and oxygen atoms in total. The van der Waals surface area contributed by atoms with Gasteiger partial charge in [-0.25, -0.2) is 4.39 Å². The van der Waals surface area contributed by atoms with E-state index >= 15 is 0 Å². The summed E-state index contributed by atoms with van der Waals surface area (Å²) in [6.45, 7) is 1.53. The summed E-state index contributed by atoms with van der Waals surface area (Å²) in [4.78, 5) is 12.9. The van der Waals surface area contributed by atoms with Crippen LogP contribution >= 0.6 is 12.4 Å². The van der Waals surface area contributed by atoms with Gasteiger partial charge in [0.15, 0.2) is 5.69 Å². The van der Waals surface area contributed by atoms with E-state index in [1.54, 1.807) is 12.1 Å². The van der Waals surface area contributed by atoms with E-state index in [4.69, 9.17) is 0 Å². The minimum atomic E-state index is -0.305. The molecule has 3 N–H and O–H groups in total. The average molecular weight is 379 g/mol. The molecule has 2 aromatic rings. The van der Waals surface area contributed by atoms with Crippen LogP contribution in [0.5, 0.6) is 0 Å². The molecule has 140 valence electrons. The van der Waals surface area contributed by atoms with E-state index in [-0.39, 0.29) is 36.1 Å². The lowest BCUT2D eigenvalue weighted by atomic mass is 9.91. The zero-order chi connectivity index (χ0) is 17.2. The highest BCUT2D eigenvalue weighted by atomic mass is 35.5. The molecule has 7 heteroatoms. The van der Waals surface area contributed by atoms with Gasteiger partial charge in [0.2, 0.25) is 0 Å². The number of nitrogens with one attached hydrogen (secondary N) is 3. The number of H-pyrrole nitrogens is 1. The Morgan fingerprint density at radius 3 is 2.81 bits per heavy atom. The first-order chi connectivity index (χ1) is 12.2. The molecule has 1 amide bonds. The monoisotopic (exact) mass is 378 g/mol. The number of carbonyl (C=O) groups is 1. The molecule has 1 atom stereocenters. The summed E-state index contributed by atoms with van der Waals surface area (Å²) < 4.78 is 14.4. The highest BCUT2D eigenvalue weighted by molar-refractivity contribution is 5.94. The van der Waals surface area contributed by atoms with E-state index in [0.717, 1.165) is 49.9 Å². The summed E-state index contributed by atoms with van der Waals surface area (Å²) in [7, 11) is 0. The SMILES string of the molecule is Cl.O=C(NC(c1ccccc1F)C1CCCC1)c1n[nH]c2c1CNCC2. The van der Waals surface area contributed by atoms with Crippen molar-refractivity contribution in [3.8, 4) is 0 Å². The Morgan fingerprint density at radius 1 is 1.27 bits per heavy atom. The number of fused-ring (bicyclic) bond motifs is 1. The van der Waals surface area contributed by atoms with E-state index in [1.807, 2.05) is 6.07 Å². The average Bonchev–Trinajstić information content (AvgIpc) is 3.30. The first-order valence-electron chi connectivity index (χ1n) is 9.06. The number of nitrogens with zero attached hydrogens (tertiary/aromatic N) is 1. The number of hydrogen-bond acceptors (Lipinski definition) is 3. The molecule has 1 saturated carbocycles. The van der Waals surface area contributed by atoms with Crippen LogP contribution in [0.2, 0.25) is 0 Å². The number of carbonyl (C=O) groups excluding carboxylic acids is 1. The molecule has 1 aromatic carbocycles. The number of amides is 1. The fraction of sp³-hybridized carbons (Fsp3) is 0.474. The molecule has 0 saturated heterocycles. The lowest BCUT2D eigenvalue weighted by Crippen LogP contribution is -2.35. The molecular weight excluding hydrogens is 355 g/mol. The van der Waals surface area contributed by atoms with Gasteiger partial charge in [0.05, 0.1) is 6.04 Å². The van der Waals surface area contributed by atoms with Crippen molar-refractivity contribution in [2.45, 2.75) is 44.7 Å². The van der Waals surface area contributed by atoms with E-state index < -0.39 is 0 Å². The molecule has 1 aliphatic carbocycles. The van der Waals surface area contributed by atoms with Crippen LogP contribution in [0.1, 0.15) is 59.0 Å². The number of aromatic amines is 1. The van der Waals surface area contributed by atoms with E-state index in [9.17, 15) is 9.18 Å². The second-order valence-corrected chi connectivity index (χ2v) is 6.97. The van der Waals surface area contributed by atoms with Crippen molar-refractivity contribution in [1.29, 1.82) is 0 Å². The molecule has 2 aliphatic rings. The van der Waals surface area contributed by atoms with Crippen LogP contribution in [-0.2, 0) is 13.0 Å². The Balaban J connectivity index is 0.00000196. The first-order valence-corrected chi connectivity index (χ1v) is 9.06. The smallest absolute Gasteiger partial charge is 0.272 e. The van der Waals surface area contributed by atoms with Crippen LogP contribution < -0.4 is 10.6 Å². The Labute approximate surface area is 158 Å². The Morgan fingerprint density at radius 2 is 2.04 bits per heavy atom. The number of benzene rings is 1. The molecular formula is C19H24ClFN4O. The molecule has 1 fully saturated rings. The second kappa shape index (κ2) is 8.18. The van der Waals surface area contributed by atoms with E-state index in [2.05, 4.69) is 20.8 Å². The molecule has 4 rings (SSSR count). The molecule has 1 aliphatic heterocycles. The van der Waals surface area contributed by atoms with E-state index in [0.29, 0.717) is 17.8 Å². The van der Waals surface area contributed by atoms with Crippen molar-refractivity contribution < 1.29 is 9.18 Å². The molecule has 1 unspecified atom stereocenters. The van der Waals surface area contributed by atoms with Crippen molar-refractivity contribution in [3.05, 3.63) is 52.6 Å². The van der Waals surface area contributed by atoms with Crippen LogP contribution in [0.25, 0.3) is 0 Å². The lowest BCUT2D eigenvalue weighted by Gasteiger charge is -2.25. The van der Waals surface area contributed by atoms with Crippen LogP contribution in [0.3, 0.4) is 0 Å². The zero-order valence-electron chi connectivity index (χ0n) is 14.6. The molecule has 26 heavy (non-hydrogen) atoms. The van der Waals surface area contributed by atoms with Gasteiger partial charge in [-0.1, -0.05) is 31.0 Å². The van der Waals surface area contributed by atoms with Gasteiger partial charge in [0.1, 0.15) is 5.82 Å². The van der Waals surface area contributed by atoms with Gasteiger partial charge >= 0.3 is 0 Å². The predicted molar refractivity (Wildman–Crippen MR) is 99.8 cm³/mol. The predicted octanol–water partition coefficient (Wildman–Crippen LogP) is 3.28. The highest BCUT2D eigenvalue weighted by Gasteiger charge is 2.31. The van der Waals surface area contributed by atoms with Crippen LogP contribution in [0.15, 0.2) is 24.3 Å². The highest BCUT2D eigenvalue weighted by Crippen LogP contribution is 2.36. The van der Waals surface area contributed by atoms with Crippen molar-refractivity contribution in [1.82, 2.24) is 20.8 Å². The van der Waals surface area contributed by atoms with Crippen LogP contribution in [0.4, 0.5) is 4.39 Å². The van der Waals surface area contributed by atoms with Gasteiger partial charge in [0.25, 0.3) is 5.91 Å². The maximum atomic E-state index is 14.4. The molecule has 1 aromatic heterocycles. The summed E-state index contributed by atoms with van der Waals surface area (Å²) in [6.07, 6.45) is 5.13. The normalized spacial score (nSPS) is 18.0. The minimum absolute atomic E-state index is 0. The number of halogens is 2. The Bertz CT molecular complexity index is 773. The zero-order valence-corrected chi connectivity index (χ0v) is 15.4. The van der Waals surface area contributed by atoms with Gasteiger partial charge in [-0.15, -0.1) is 12.4 Å². The molecule has 0 bridgehead atoms. The number of rotatable bonds is 4. The van der Waals surface area contributed by atoms with E-state index in [1.165, 1.54) is 6.07 Å². The lowest BCUT2D eigenvalue weighted by molar-refractivity contribution is 0.0914. The molecule has 0 spiro atoms. The maximum absolute atomic E-state index is 14.4. The topological polar surface area (TPSA) is 69.8 Å². The largest absolute Gasteiger partial charge is 0.343 e. The van der Waals surface area contributed by atoms with Crippen molar-refractivity contribution in [2.75, 3.05) is 6.54 Å². The molecule has 2 heterocycles. The Kier molecular flexibility index (Phi) is 5.94. The minimum Gasteiger partial charge on any atom is -0.343 e. The summed E-state index contributed by atoms with van der Waals surface area (Å²) in [5.41, 5.74) is 2.96. The van der Waals surface area contributed by atoms with Gasteiger partial charge in [-0.2, -0.15) is 5.10 Å². The van der Waals surface area contributed by atoms with Crippen LogP contribution in [-0.4, -0.2) is 22.6 Å². The van der Waals surface area contributed by atoms with Gasteiger partial charge in [-0.05, 0) is 24.8 Å². The summed E-state index contributed by atoms with van der Waals surface area (Å²) in [6, 6.07) is 6.44. The third kappa shape index (κ3) is 3.62. The maximum Gasteiger partial charge on any atom is 0.272 e. The van der Waals surface area contributed by atoms with Crippen molar-refractivity contribution >= 4 is 18.3 Å². The fourth-order valence-electron chi connectivity index (χ4n) is 4.09. The number of hydrogen-bond donors (Lipinski definition) is 3. The quantitative estimate of drug-likeness (QED) is 0.764. The first kappa shape index (κ1) is 18.9. The fourth-order valence-corrected chi connectivity index (χ4v) is 4.09. The molecule has 0 radical (unpaired) electrons. The van der Waals surface area contributed by atoms with Gasteiger partial charge < -0.3 is 10.6 Å². The van der Waals surface area contributed by atoms with Gasteiger partial charge in [0, 0.05) is 36.3 Å².